The number of hydrogen-bond donors (Lipinski definition) is 0. The van der Waals surface area contributed by atoms with Crippen LogP contribution >= 0.6 is 0 Å². The van der Waals surface area contributed by atoms with Crippen LogP contribution in [0.2, 0.25) is 0 Å². The zero-order valence-electron chi connectivity index (χ0n) is 39.9. The lowest BCUT2D eigenvalue weighted by atomic mass is 9.32. The van der Waals surface area contributed by atoms with Gasteiger partial charge < -0.3 is 14.7 Å². The van der Waals surface area contributed by atoms with Crippen LogP contribution < -0.4 is 31.1 Å². The number of rotatable bonds is 2. The Balaban J connectivity index is 1.14. The van der Waals surface area contributed by atoms with Gasteiger partial charge in [-0.2, -0.15) is 0 Å². The van der Waals surface area contributed by atoms with Gasteiger partial charge in [-0.05, 0) is 159 Å². The van der Waals surface area contributed by atoms with Gasteiger partial charge >= 0.3 is 0 Å². The number of nitrogens with zero attached hydrogens (tertiary/aromatic N) is 3. The van der Waals surface area contributed by atoms with Crippen molar-refractivity contribution >= 4 is 68.6 Å². The Morgan fingerprint density at radius 3 is 1.94 bits per heavy atom. The lowest BCUT2D eigenvalue weighted by molar-refractivity contribution is 0.195. The minimum atomic E-state index is -0.328. The lowest BCUT2D eigenvalue weighted by Crippen LogP contribution is -2.63. The Hall–Kier alpha value is -6.00. The van der Waals surface area contributed by atoms with Gasteiger partial charge in [0.2, 0.25) is 0 Å². The number of fused-ring (bicyclic) bond motifs is 13. The molecule has 0 N–H and O–H groups in total. The van der Waals surface area contributed by atoms with Gasteiger partial charge in [0.05, 0.1) is 11.2 Å². The molecule has 4 heterocycles. The molecule has 3 nitrogen and oxygen atoms in total. The average Bonchev–Trinajstić information content (AvgIpc) is 3.67. The summed E-state index contributed by atoms with van der Waals surface area (Å²) in [6.45, 7) is 24.1. The SMILES string of the molecule is Cc1cc2c3c4c1C1(C)c5ccccc5-c5cccc(c51)N4c1cc(N4c5ccccc5C5(C)CCCCC45C)ccc1B3c1cc(C(C)(C)C)ccc1N2c1ccc(C(C)(C)C)cc1. The van der Waals surface area contributed by atoms with Gasteiger partial charge in [-0.15, -0.1) is 0 Å². The molecule has 1 fully saturated rings. The van der Waals surface area contributed by atoms with Crippen molar-refractivity contribution in [2.45, 2.75) is 122 Å². The summed E-state index contributed by atoms with van der Waals surface area (Å²) in [4.78, 5) is 8.12. The Labute approximate surface area is 387 Å². The molecule has 322 valence electrons. The molecule has 4 aliphatic heterocycles. The van der Waals surface area contributed by atoms with Crippen LogP contribution in [0.15, 0.2) is 133 Å². The highest BCUT2D eigenvalue weighted by molar-refractivity contribution is 7.00. The highest BCUT2D eigenvalue weighted by Crippen LogP contribution is 2.65. The molecule has 7 aromatic carbocycles. The minimum absolute atomic E-state index is 0.0177. The van der Waals surface area contributed by atoms with E-state index in [2.05, 4.69) is 217 Å². The van der Waals surface area contributed by atoms with E-state index >= 15 is 0 Å². The molecule has 0 saturated heterocycles. The first-order valence-corrected chi connectivity index (χ1v) is 24.4. The first-order chi connectivity index (χ1) is 31.1. The van der Waals surface area contributed by atoms with Crippen molar-refractivity contribution in [1.82, 2.24) is 0 Å². The number of para-hydroxylation sites is 1. The van der Waals surface area contributed by atoms with Crippen molar-refractivity contribution in [3.05, 3.63) is 172 Å². The second kappa shape index (κ2) is 12.7. The van der Waals surface area contributed by atoms with Crippen molar-refractivity contribution in [3.63, 3.8) is 0 Å². The molecule has 0 bridgehead atoms. The molecule has 7 aromatic rings. The van der Waals surface area contributed by atoms with Crippen LogP contribution in [0.25, 0.3) is 11.1 Å². The van der Waals surface area contributed by atoms with Gasteiger partial charge in [-0.1, -0.05) is 146 Å². The first kappa shape index (κ1) is 39.4. The van der Waals surface area contributed by atoms with Crippen molar-refractivity contribution in [2.24, 2.45) is 0 Å². The molecular formula is C61H60BN3. The molecule has 65 heavy (non-hydrogen) atoms. The van der Waals surface area contributed by atoms with Crippen LogP contribution in [0.4, 0.5) is 45.5 Å². The van der Waals surface area contributed by atoms with E-state index in [1.807, 2.05) is 0 Å². The smallest absolute Gasteiger partial charge is 0.252 e. The summed E-state index contributed by atoms with van der Waals surface area (Å²) in [7, 11) is 0. The van der Waals surface area contributed by atoms with Gasteiger partial charge in [-0.25, -0.2) is 0 Å². The summed E-state index contributed by atoms with van der Waals surface area (Å²) >= 11 is 0. The number of hydrogen-bond acceptors (Lipinski definition) is 3. The summed E-state index contributed by atoms with van der Waals surface area (Å²) < 4.78 is 0. The van der Waals surface area contributed by atoms with E-state index in [1.165, 1.54) is 138 Å². The van der Waals surface area contributed by atoms with Gasteiger partial charge in [-0.3, -0.25) is 0 Å². The maximum absolute atomic E-state index is 2.77. The van der Waals surface area contributed by atoms with E-state index in [1.54, 1.807) is 0 Å². The fourth-order valence-corrected chi connectivity index (χ4v) is 14.2. The molecule has 0 amide bonds. The van der Waals surface area contributed by atoms with Crippen molar-refractivity contribution < 1.29 is 0 Å². The number of anilines is 8. The van der Waals surface area contributed by atoms with E-state index in [9.17, 15) is 0 Å². The van der Waals surface area contributed by atoms with Crippen LogP contribution in [0.1, 0.15) is 127 Å². The van der Waals surface area contributed by atoms with Gasteiger partial charge in [0.15, 0.2) is 0 Å². The Kier molecular flexibility index (Phi) is 7.67. The summed E-state index contributed by atoms with van der Waals surface area (Å²) in [5.41, 5.74) is 27.0. The zero-order valence-corrected chi connectivity index (χ0v) is 39.9. The predicted molar refractivity (Wildman–Crippen MR) is 276 cm³/mol. The molecule has 6 aliphatic rings. The third-order valence-corrected chi connectivity index (χ3v) is 17.6. The standard InChI is InChI=1S/C61H60BN3/c1-37-34-52-55-56-53(37)61(10)44-20-12-11-18-42(44)43-19-17-23-50(54(43)61)64(56)51-36-41(65-48-22-14-13-21-45(48)59(8)32-15-16-33-60(59,65)9)29-30-46(51)62(55)47-35-39(58(5,6)7)26-31-49(47)63(52)40-27-24-38(25-28-40)57(2,3)4/h11-14,17-31,34-36H,15-16,32-33H2,1-10H3. The molecule has 3 unspecified atom stereocenters. The summed E-state index contributed by atoms with van der Waals surface area (Å²) in [6, 6.07) is 52.8. The van der Waals surface area contributed by atoms with Crippen LogP contribution in [0.3, 0.4) is 0 Å². The van der Waals surface area contributed by atoms with Crippen molar-refractivity contribution in [1.29, 1.82) is 0 Å². The maximum atomic E-state index is 2.77. The van der Waals surface area contributed by atoms with Gasteiger partial charge in [0, 0.05) is 50.6 Å². The van der Waals surface area contributed by atoms with Gasteiger partial charge in [0.1, 0.15) is 0 Å². The molecule has 3 atom stereocenters. The summed E-state index contributed by atoms with van der Waals surface area (Å²) in [5, 5.41) is 0. The average molecular weight is 846 g/mol. The predicted octanol–water partition coefficient (Wildman–Crippen LogP) is 14.1. The zero-order chi connectivity index (χ0) is 44.7. The number of benzene rings is 7. The van der Waals surface area contributed by atoms with E-state index < -0.39 is 0 Å². The van der Waals surface area contributed by atoms with E-state index in [0.29, 0.717) is 0 Å². The minimum Gasteiger partial charge on any atom is -0.334 e. The van der Waals surface area contributed by atoms with Crippen LogP contribution in [0, 0.1) is 6.92 Å². The number of aryl methyl sites for hydroxylation is 1. The second-order valence-electron chi connectivity index (χ2n) is 23.1. The van der Waals surface area contributed by atoms with Crippen LogP contribution in [-0.4, -0.2) is 12.3 Å². The van der Waals surface area contributed by atoms with E-state index in [0.717, 1.165) is 0 Å². The largest absolute Gasteiger partial charge is 0.334 e. The molecule has 0 aromatic heterocycles. The Morgan fingerprint density at radius 2 is 1.17 bits per heavy atom. The molecule has 0 radical (unpaired) electrons. The van der Waals surface area contributed by atoms with E-state index in [4.69, 9.17) is 0 Å². The topological polar surface area (TPSA) is 9.72 Å². The molecule has 0 spiro atoms. The highest BCUT2D eigenvalue weighted by Gasteiger charge is 2.59. The molecular weight excluding hydrogens is 786 g/mol. The third-order valence-electron chi connectivity index (χ3n) is 17.6. The van der Waals surface area contributed by atoms with Crippen LogP contribution in [0.5, 0.6) is 0 Å². The highest BCUT2D eigenvalue weighted by atomic mass is 15.3. The van der Waals surface area contributed by atoms with Gasteiger partial charge in [0.25, 0.3) is 6.71 Å². The normalized spacial score (nSPS) is 22.7. The van der Waals surface area contributed by atoms with Crippen molar-refractivity contribution in [3.8, 4) is 11.1 Å². The van der Waals surface area contributed by atoms with Crippen LogP contribution in [-0.2, 0) is 21.7 Å². The van der Waals surface area contributed by atoms with E-state index in [-0.39, 0.29) is 33.9 Å². The summed E-state index contributed by atoms with van der Waals surface area (Å²) in [5.74, 6) is 0. The molecule has 13 rings (SSSR count). The third kappa shape index (κ3) is 4.83. The molecule has 1 saturated carbocycles. The summed E-state index contributed by atoms with van der Waals surface area (Å²) in [6.07, 6.45) is 4.93. The fraction of sp³-hybridized carbons (Fsp3) is 0.311. The molecule has 2 aliphatic carbocycles. The maximum Gasteiger partial charge on any atom is 0.252 e. The van der Waals surface area contributed by atoms with Crippen molar-refractivity contribution in [2.75, 3.05) is 14.7 Å². The first-order valence-electron chi connectivity index (χ1n) is 24.4. The lowest BCUT2D eigenvalue weighted by Gasteiger charge is -2.52. The monoisotopic (exact) mass is 845 g/mol. The fourth-order valence-electron chi connectivity index (χ4n) is 14.2. The Bertz CT molecular complexity index is 3220. The Morgan fingerprint density at radius 1 is 0.508 bits per heavy atom. The quantitative estimate of drug-likeness (QED) is 0.161. The molecule has 4 heteroatoms. The second-order valence-corrected chi connectivity index (χ2v) is 23.1.